The molecule has 0 aliphatic carbocycles. The van der Waals surface area contributed by atoms with Crippen LogP contribution in [0.25, 0.3) is 0 Å². The van der Waals surface area contributed by atoms with Crippen LogP contribution in [-0.4, -0.2) is 34.2 Å². The number of nitrogens with zero attached hydrogens (tertiary/aromatic N) is 1. The molecule has 2 N–H and O–H groups in total. The fourth-order valence-electron chi connectivity index (χ4n) is 2.38. The zero-order chi connectivity index (χ0) is 18.2. The molecule has 8 heteroatoms. The van der Waals surface area contributed by atoms with Gasteiger partial charge in [0.2, 0.25) is 20.0 Å². The summed E-state index contributed by atoms with van der Waals surface area (Å²) < 4.78 is 49.7. The highest BCUT2D eigenvalue weighted by atomic mass is 32.2. The second kappa shape index (κ2) is 9.50. The number of primary sulfonamides is 1. The van der Waals surface area contributed by atoms with E-state index in [1.807, 2.05) is 0 Å². The Labute approximate surface area is 146 Å². The van der Waals surface area contributed by atoms with Crippen molar-refractivity contribution in [2.45, 2.75) is 62.2 Å². The van der Waals surface area contributed by atoms with E-state index in [0.717, 1.165) is 38.5 Å². The monoisotopic (exact) mass is 376 g/mol. The smallest absolute Gasteiger partial charge is 0.225 e. The van der Waals surface area contributed by atoms with Crippen molar-refractivity contribution in [1.82, 2.24) is 4.31 Å². The summed E-state index contributed by atoms with van der Waals surface area (Å²) in [5.41, 5.74) is 0. The Morgan fingerprint density at radius 3 is 1.58 bits per heavy atom. The number of nitrogens with two attached hydrogens (primary N) is 1. The third-order valence-electron chi connectivity index (χ3n) is 3.81. The van der Waals surface area contributed by atoms with E-state index in [9.17, 15) is 16.8 Å². The number of rotatable bonds is 11. The molecule has 6 nitrogen and oxygen atoms in total. The summed E-state index contributed by atoms with van der Waals surface area (Å²) in [6.07, 6.45) is 5.63. The number of hydrogen-bond donors (Lipinski definition) is 1. The van der Waals surface area contributed by atoms with Crippen LogP contribution in [0, 0.1) is 0 Å². The third kappa shape index (κ3) is 6.16. The second-order valence-corrected chi connectivity index (χ2v) is 9.33. The Hall–Kier alpha value is -0.960. The van der Waals surface area contributed by atoms with Crippen LogP contribution in [0.15, 0.2) is 34.1 Å². The van der Waals surface area contributed by atoms with Crippen molar-refractivity contribution >= 4 is 20.0 Å². The van der Waals surface area contributed by atoms with Crippen molar-refractivity contribution < 1.29 is 16.8 Å². The van der Waals surface area contributed by atoms with E-state index in [-0.39, 0.29) is 9.79 Å². The average molecular weight is 377 g/mol. The van der Waals surface area contributed by atoms with Gasteiger partial charge in [-0.25, -0.2) is 22.0 Å². The molecule has 0 unspecified atom stereocenters. The molecule has 1 aromatic carbocycles. The second-order valence-electron chi connectivity index (χ2n) is 5.83. The molecule has 138 valence electrons. The van der Waals surface area contributed by atoms with Gasteiger partial charge in [0.25, 0.3) is 0 Å². The maximum absolute atomic E-state index is 12.8. The molecule has 0 bridgehead atoms. The number of hydrogen-bond acceptors (Lipinski definition) is 4. The third-order valence-corrected chi connectivity index (χ3v) is 6.65. The Morgan fingerprint density at radius 1 is 0.792 bits per heavy atom. The molecule has 0 fully saturated rings. The first-order chi connectivity index (χ1) is 11.2. The minimum absolute atomic E-state index is 0.0926. The van der Waals surface area contributed by atoms with Crippen molar-refractivity contribution in [3.63, 3.8) is 0 Å². The van der Waals surface area contributed by atoms with Gasteiger partial charge in [0.05, 0.1) is 9.79 Å². The predicted octanol–water partition coefficient (Wildman–Crippen LogP) is 2.71. The largest absolute Gasteiger partial charge is 0.243 e. The van der Waals surface area contributed by atoms with Crippen molar-refractivity contribution in [1.29, 1.82) is 0 Å². The Bertz CT molecular complexity index is 688. The van der Waals surface area contributed by atoms with Gasteiger partial charge in [-0.3, -0.25) is 0 Å². The molecular formula is C16H28N2O4S2. The summed E-state index contributed by atoms with van der Waals surface area (Å²) >= 11 is 0. The first kappa shape index (κ1) is 21.1. The van der Waals surface area contributed by atoms with Gasteiger partial charge in [0.1, 0.15) is 0 Å². The maximum atomic E-state index is 12.8. The Balaban J connectivity index is 3.00. The van der Waals surface area contributed by atoms with Gasteiger partial charge in [0, 0.05) is 13.1 Å². The molecule has 24 heavy (non-hydrogen) atoms. The van der Waals surface area contributed by atoms with Crippen LogP contribution < -0.4 is 5.14 Å². The van der Waals surface area contributed by atoms with Crippen molar-refractivity contribution in [2.24, 2.45) is 5.14 Å². The van der Waals surface area contributed by atoms with Gasteiger partial charge in [-0.1, -0.05) is 39.5 Å². The molecule has 0 radical (unpaired) electrons. The molecule has 1 rings (SSSR count). The minimum Gasteiger partial charge on any atom is -0.225 e. The molecule has 0 saturated carbocycles. The molecule has 0 atom stereocenters. The predicted molar refractivity (Wildman–Crippen MR) is 95.6 cm³/mol. The van der Waals surface area contributed by atoms with E-state index in [2.05, 4.69) is 13.8 Å². The highest BCUT2D eigenvalue weighted by Gasteiger charge is 2.24. The summed E-state index contributed by atoms with van der Waals surface area (Å²) in [5, 5.41) is 5.05. The van der Waals surface area contributed by atoms with E-state index >= 15 is 0 Å². The molecule has 0 aliphatic heterocycles. The van der Waals surface area contributed by atoms with Gasteiger partial charge < -0.3 is 0 Å². The first-order valence-corrected chi connectivity index (χ1v) is 11.3. The molecule has 0 aromatic heterocycles. The van der Waals surface area contributed by atoms with Crippen LogP contribution in [0.3, 0.4) is 0 Å². The molecule has 0 saturated heterocycles. The van der Waals surface area contributed by atoms with Gasteiger partial charge in [-0.05, 0) is 37.1 Å². The summed E-state index contributed by atoms with van der Waals surface area (Å²) in [6.45, 7) is 5.11. The molecule has 0 amide bonds. The fourth-order valence-corrected chi connectivity index (χ4v) is 4.41. The zero-order valence-electron chi connectivity index (χ0n) is 14.4. The lowest BCUT2D eigenvalue weighted by atomic mass is 10.2. The summed E-state index contributed by atoms with van der Waals surface area (Å²) in [6, 6.07) is 5.08. The lowest BCUT2D eigenvalue weighted by Crippen LogP contribution is -2.33. The normalized spacial score (nSPS) is 12.7. The van der Waals surface area contributed by atoms with Gasteiger partial charge in [-0.15, -0.1) is 0 Å². The molecule has 1 aromatic rings. The SMILES string of the molecule is CCCCCN(CCCCC)S(=O)(=O)c1ccc(S(N)(=O)=O)cc1. The number of sulfonamides is 2. The lowest BCUT2D eigenvalue weighted by Gasteiger charge is -2.22. The van der Waals surface area contributed by atoms with Crippen LogP contribution >= 0.6 is 0 Å². The zero-order valence-corrected chi connectivity index (χ0v) is 16.1. The first-order valence-electron chi connectivity index (χ1n) is 8.36. The number of unbranched alkanes of at least 4 members (excludes halogenated alkanes) is 4. The van der Waals surface area contributed by atoms with E-state index in [0.29, 0.717) is 13.1 Å². The van der Waals surface area contributed by atoms with Crippen LogP contribution in [-0.2, 0) is 20.0 Å². The van der Waals surface area contributed by atoms with Gasteiger partial charge >= 0.3 is 0 Å². The quantitative estimate of drug-likeness (QED) is 0.600. The standard InChI is InChI=1S/C16H28N2O4S2/c1-3-5-7-13-18(14-8-6-4-2)24(21,22)16-11-9-15(10-12-16)23(17,19)20/h9-12H,3-8,13-14H2,1-2H3,(H2,17,19,20). The van der Waals surface area contributed by atoms with Crippen molar-refractivity contribution in [3.8, 4) is 0 Å². The van der Waals surface area contributed by atoms with Crippen molar-refractivity contribution in [3.05, 3.63) is 24.3 Å². The van der Waals surface area contributed by atoms with E-state index in [4.69, 9.17) is 5.14 Å². The Morgan fingerprint density at radius 2 is 1.21 bits per heavy atom. The van der Waals surface area contributed by atoms with Crippen molar-refractivity contribution in [2.75, 3.05) is 13.1 Å². The molecule has 0 heterocycles. The van der Waals surface area contributed by atoms with Crippen LogP contribution in [0.1, 0.15) is 52.4 Å². The van der Waals surface area contributed by atoms with Crippen LogP contribution in [0.5, 0.6) is 0 Å². The van der Waals surface area contributed by atoms with Crippen LogP contribution in [0.4, 0.5) is 0 Å². The highest BCUT2D eigenvalue weighted by Crippen LogP contribution is 2.19. The topological polar surface area (TPSA) is 97.5 Å². The molecule has 0 spiro atoms. The van der Waals surface area contributed by atoms with E-state index in [1.165, 1.54) is 28.6 Å². The van der Waals surface area contributed by atoms with Gasteiger partial charge in [-0.2, -0.15) is 4.31 Å². The Kier molecular flexibility index (Phi) is 8.35. The molecule has 0 aliphatic rings. The minimum atomic E-state index is -3.83. The summed E-state index contributed by atoms with van der Waals surface area (Å²) in [5.74, 6) is 0. The summed E-state index contributed by atoms with van der Waals surface area (Å²) in [7, 11) is -7.46. The van der Waals surface area contributed by atoms with E-state index < -0.39 is 20.0 Å². The summed E-state index contributed by atoms with van der Waals surface area (Å²) in [4.78, 5) is 0.00728. The fraction of sp³-hybridized carbons (Fsp3) is 0.625. The molecular weight excluding hydrogens is 348 g/mol. The van der Waals surface area contributed by atoms with Gasteiger partial charge in [0.15, 0.2) is 0 Å². The number of benzene rings is 1. The maximum Gasteiger partial charge on any atom is 0.243 e. The highest BCUT2D eigenvalue weighted by molar-refractivity contribution is 7.89. The van der Waals surface area contributed by atoms with E-state index in [1.54, 1.807) is 0 Å². The lowest BCUT2D eigenvalue weighted by molar-refractivity contribution is 0.388. The van der Waals surface area contributed by atoms with Crippen LogP contribution in [0.2, 0.25) is 0 Å². The average Bonchev–Trinajstić information content (AvgIpc) is 2.53.